The van der Waals surface area contributed by atoms with Crippen molar-refractivity contribution in [1.29, 1.82) is 0 Å². The minimum atomic E-state index is -4.41. The third-order valence-electron chi connectivity index (χ3n) is 4.66. The van der Waals surface area contributed by atoms with Crippen LogP contribution < -0.4 is 4.74 Å². The van der Waals surface area contributed by atoms with Gasteiger partial charge in [0.05, 0.1) is 5.56 Å². The molecule has 0 bridgehead atoms. The summed E-state index contributed by atoms with van der Waals surface area (Å²) in [4.78, 5) is 16.3. The van der Waals surface area contributed by atoms with E-state index in [1.165, 1.54) is 12.1 Å². The van der Waals surface area contributed by atoms with Crippen molar-refractivity contribution in [2.45, 2.75) is 33.6 Å². The monoisotopic (exact) mass is 416 g/mol. The first-order chi connectivity index (χ1) is 14.1. The summed E-state index contributed by atoms with van der Waals surface area (Å²) in [5, 5.41) is 3.79. The molecule has 3 aromatic rings. The molecule has 0 aliphatic rings. The molecule has 0 radical (unpaired) electrons. The lowest BCUT2D eigenvalue weighted by Gasteiger charge is -2.13. The molecule has 156 valence electrons. The average Bonchev–Trinajstić information content (AvgIpc) is 3.17. The second-order valence-electron chi connectivity index (χ2n) is 6.85. The molecule has 2 aromatic carbocycles. The van der Waals surface area contributed by atoms with E-state index in [0.29, 0.717) is 22.4 Å². The van der Waals surface area contributed by atoms with Gasteiger partial charge in [0, 0.05) is 11.1 Å². The number of benzene rings is 2. The van der Waals surface area contributed by atoms with Crippen LogP contribution in [0.5, 0.6) is 5.75 Å². The largest absolute Gasteiger partial charge is 0.483 e. The lowest BCUT2D eigenvalue weighted by Crippen LogP contribution is -2.06. The van der Waals surface area contributed by atoms with Crippen molar-refractivity contribution in [2.75, 3.05) is 0 Å². The highest BCUT2D eigenvalue weighted by molar-refractivity contribution is 6.09. The van der Waals surface area contributed by atoms with Gasteiger partial charge < -0.3 is 9.26 Å². The standard InChI is InChI=1S/C22H19F3N2O3/c1-12(2)20(28)17-9-10-18(14(4)13(17)3)29-11-19-26-21(27-30-19)15-5-7-16(8-6-15)22(23,24)25/h5-10H,1,11H2,2-4H3. The molecule has 0 spiro atoms. The van der Waals surface area contributed by atoms with Gasteiger partial charge in [0.1, 0.15) is 5.75 Å². The first-order valence-electron chi connectivity index (χ1n) is 9.01. The number of Topliss-reactive ketones (excluding diaryl/α,β-unsaturated/α-hetero) is 1. The van der Waals surface area contributed by atoms with Crippen molar-refractivity contribution in [3.63, 3.8) is 0 Å². The van der Waals surface area contributed by atoms with Crippen LogP contribution in [0.25, 0.3) is 11.4 Å². The van der Waals surface area contributed by atoms with E-state index in [-0.39, 0.29) is 24.1 Å². The summed E-state index contributed by atoms with van der Waals surface area (Å²) < 4.78 is 48.9. The number of ether oxygens (including phenoxy) is 1. The highest BCUT2D eigenvalue weighted by atomic mass is 19.4. The normalized spacial score (nSPS) is 11.4. The summed E-state index contributed by atoms with van der Waals surface area (Å²) in [6.45, 7) is 8.97. The maximum absolute atomic E-state index is 12.7. The van der Waals surface area contributed by atoms with Crippen LogP contribution in [0.2, 0.25) is 0 Å². The van der Waals surface area contributed by atoms with E-state index < -0.39 is 11.7 Å². The topological polar surface area (TPSA) is 65.2 Å². The van der Waals surface area contributed by atoms with Crippen molar-refractivity contribution in [1.82, 2.24) is 10.1 Å². The lowest BCUT2D eigenvalue weighted by molar-refractivity contribution is -0.137. The van der Waals surface area contributed by atoms with Crippen LogP contribution >= 0.6 is 0 Å². The molecular weight excluding hydrogens is 397 g/mol. The Morgan fingerprint density at radius 3 is 2.37 bits per heavy atom. The third-order valence-corrected chi connectivity index (χ3v) is 4.66. The lowest BCUT2D eigenvalue weighted by atomic mass is 9.96. The molecule has 30 heavy (non-hydrogen) atoms. The molecular formula is C22H19F3N2O3. The number of nitrogens with zero attached hydrogens (tertiary/aromatic N) is 2. The Kier molecular flexibility index (Phi) is 5.78. The number of ketones is 1. The van der Waals surface area contributed by atoms with Gasteiger partial charge in [0.2, 0.25) is 5.82 Å². The first kappa shape index (κ1) is 21.3. The molecule has 5 nitrogen and oxygen atoms in total. The minimum absolute atomic E-state index is 0.0261. The maximum Gasteiger partial charge on any atom is 0.416 e. The van der Waals surface area contributed by atoms with Crippen molar-refractivity contribution >= 4 is 5.78 Å². The van der Waals surface area contributed by atoms with Crippen LogP contribution in [0.1, 0.15) is 39.9 Å². The summed E-state index contributed by atoms with van der Waals surface area (Å²) in [5.41, 5.74) is 2.24. The Bertz CT molecular complexity index is 1100. The summed E-state index contributed by atoms with van der Waals surface area (Å²) >= 11 is 0. The third kappa shape index (κ3) is 4.42. The Balaban J connectivity index is 1.72. The van der Waals surface area contributed by atoms with Crippen molar-refractivity contribution < 1.29 is 27.2 Å². The molecule has 0 aliphatic heterocycles. The fraction of sp³-hybridized carbons (Fsp3) is 0.227. The van der Waals surface area contributed by atoms with E-state index in [2.05, 4.69) is 16.7 Å². The maximum atomic E-state index is 12.7. The van der Waals surface area contributed by atoms with Gasteiger partial charge in [0.15, 0.2) is 12.4 Å². The highest BCUT2D eigenvalue weighted by Gasteiger charge is 2.30. The zero-order chi connectivity index (χ0) is 22.1. The molecule has 1 heterocycles. The number of carbonyl (C=O) groups is 1. The van der Waals surface area contributed by atoms with Gasteiger partial charge in [0.25, 0.3) is 5.89 Å². The van der Waals surface area contributed by atoms with Crippen LogP contribution in [0.3, 0.4) is 0 Å². The van der Waals surface area contributed by atoms with E-state index in [1.807, 2.05) is 13.8 Å². The van der Waals surface area contributed by atoms with Gasteiger partial charge in [-0.15, -0.1) is 0 Å². The molecule has 1 aromatic heterocycles. The van der Waals surface area contributed by atoms with E-state index in [0.717, 1.165) is 23.3 Å². The number of carbonyl (C=O) groups excluding carboxylic acids is 1. The van der Waals surface area contributed by atoms with E-state index in [1.54, 1.807) is 19.1 Å². The summed E-state index contributed by atoms with van der Waals surface area (Å²) in [7, 11) is 0. The zero-order valence-electron chi connectivity index (χ0n) is 16.6. The van der Waals surface area contributed by atoms with Gasteiger partial charge >= 0.3 is 6.18 Å². The second kappa shape index (κ2) is 8.14. The first-order valence-corrected chi connectivity index (χ1v) is 9.01. The van der Waals surface area contributed by atoms with E-state index in [4.69, 9.17) is 9.26 Å². The number of hydrogen-bond acceptors (Lipinski definition) is 5. The second-order valence-corrected chi connectivity index (χ2v) is 6.85. The Morgan fingerprint density at radius 1 is 1.10 bits per heavy atom. The number of rotatable bonds is 6. The van der Waals surface area contributed by atoms with Crippen molar-refractivity contribution in [3.8, 4) is 17.1 Å². The van der Waals surface area contributed by atoms with Gasteiger partial charge in [-0.1, -0.05) is 23.9 Å². The molecule has 0 unspecified atom stereocenters. The molecule has 3 rings (SSSR count). The average molecular weight is 416 g/mol. The number of hydrogen-bond donors (Lipinski definition) is 0. The van der Waals surface area contributed by atoms with Crippen molar-refractivity contribution in [3.05, 3.63) is 76.7 Å². The Labute approximate surface area is 171 Å². The van der Waals surface area contributed by atoms with Gasteiger partial charge in [-0.2, -0.15) is 18.2 Å². The van der Waals surface area contributed by atoms with Gasteiger partial charge in [-0.25, -0.2) is 0 Å². The van der Waals surface area contributed by atoms with Crippen LogP contribution in [0.4, 0.5) is 13.2 Å². The Hall–Kier alpha value is -3.42. The minimum Gasteiger partial charge on any atom is -0.483 e. The fourth-order valence-electron chi connectivity index (χ4n) is 2.81. The number of alkyl halides is 3. The zero-order valence-corrected chi connectivity index (χ0v) is 16.6. The molecule has 0 aliphatic carbocycles. The summed E-state index contributed by atoms with van der Waals surface area (Å²) in [6, 6.07) is 7.84. The molecule has 0 atom stereocenters. The van der Waals surface area contributed by atoms with Crippen LogP contribution in [-0.2, 0) is 12.8 Å². The number of allylic oxidation sites excluding steroid dienone is 1. The number of halogens is 3. The summed E-state index contributed by atoms with van der Waals surface area (Å²) in [6.07, 6.45) is -4.41. The molecule has 0 fully saturated rings. The van der Waals surface area contributed by atoms with Gasteiger partial charge in [-0.05, 0) is 61.7 Å². The molecule has 8 heteroatoms. The van der Waals surface area contributed by atoms with Crippen molar-refractivity contribution in [2.24, 2.45) is 0 Å². The molecule has 0 saturated carbocycles. The van der Waals surface area contributed by atoms with Crippen LogP contribution in [0, 0.1) is 13.8 Å². The predicted octanol–water partition coefficient (Wildman–Crippen LogP) is 5.71. The quantitative estimate of drug-likeness (QED) is 0.380. The molecule has 0 saturated heterocycles. The highest BCUT2D eigenvalue weighted by Crippen LogP contribution is 2.30. The molecule has 0 amide bonds. The Morgan fingerprint density at radius 2 is 1.77 bits per heavy atom. The van der Waals surface area contributed by atoms with E-state index >= 15 is 0 Å². The van der Waals surface area contributed by atoms with E-state index in [9.17, 15) is 18.0 Å². The van der Waals surface area contributed by atoms with Gasteiger partial charge in [-0.3, -0.25) is 4.79 Å². The smallest absolute Gasteiger partial charge is 0.416 e. The summed E-state index contributed by atoms with van der Waals surface area (Å²) in [5.74, 6) is 0.766. The number of aromatic nitrogens is 2. The SMILES string of the molecule is C=C(C)C(=O)c1ccc(OCc2nc(-c3ccc(C(F)(F)F)cc3)no2)c(C)c1C. The van der Waals surface area contributed by atoms with Crippen LogP contribution in [-0.4, -0.2) is 15.9 Å². The van der Waals surface area contributed by atoms with Crippen LogP contribution in [0.15, 0.2) is 53.1 Å². The predicted molar refractivity (Wildman–Crippen MR) is 104 cm³/mol. The fourth-order valence-corrected chi connectivity index (χ4v) is 2.81. The molecule has 0 N–H and O–H groups in total.